The third-order valence-electron chi connectivity index (χ3n) is 3.94. The Balaban J connectivity index is 1.68. The van der Waals surface area contributed by atoms with Crippen molar-refractivity contribution >= 4 is 5.91 Å². The van der Waals surface area contributed by atoms with Crippen LogP contribution in [0.25, 0.3) is 0 Å². The van der Waals surface area contributed by atoms with E-state index in [1.54, 1.807) is 0 Å². The lowest BCUT2D eigenvalue weighted by atomic mass is 9.84. The molecule has 17 heavy (non-hydrogen) atoms. The van der Waals surface area contributed by atoms with Crippen molar-refractivity contribution in [1.82, 2.24) is 10.4 Å². The molecule has 98 valence electrons. The van der Waals surface area contributed by atoms with E-state index in [1.165, 1.54) is 32.1 Å². The highest BCUT2D eigenvalue weighted by Crippen LogP contribution is 2.25. The van der Waals surface area contributed by atoms with Gasteiger partial charge in [0.15, 0.2) is 0 Å². The van der Waals surface area contributed by atoms with Crippen LogP contribution in [-0.4, -0.2) is 30.0 Å². The lowest BCUT2D eigenvalue weighted by Gasteiger charge is -2.29. The van der Waals surface area contributed by atoms with E-state index in [4.69, 9.17) is 5.73 Å². The number of nitrogens with zero attached hydrogens (tertiary/aromatic N) is 1. The summed E-state index contributed by atoms with van der Waals surface area (Å²) in [7, 11) is 0. The first-order valence-electron chi connectivity index (χ1n) is 7.04. The fraction of sp³-hybridized carbons (Fsp3) is 0.923. The van der Waals surface area contributed by atoms with Crippen LogP contribution in [0.15, 0.2) is 0 Å². The molecule has 3 N–H and O–H groups in total. The molecule has 1 heterocycles. The van der Waals surface area contributed by atoms with Gasteiger partial charge in [-0.3, -0.25) is 10.2 Å². The molecular formula is C13H25N3O. The average Bonchev–Trinajstić information content (AvgIpc) is 2.30. The van der Waals surface area contributed by atoms with Gasteiger partial charge in [-0.25, -0.2) is 5.01 Å². The smallest absolute Gasteiger partial charge is 0.234 e. The van der Waals surface area contributed by atoms with Crippen LogP contribution < -0.4 is 11.2 Å². The van der Waals surface area contributed by atoms with Crippen molar-refractivity contribution in [3.05, 3.63) is 0 Å². The van der Waals surface area contributed by atoms with Gasteiger partial charge in [-0.05, 0) is 38.0 Å². The van der Waals surface area contributed by atoms with E-state index < -0.39 is 0 Å². The van der Waals surface area contributed by atoms with Gasteiger partial charge in [0.05, 0.1) is 0 Å². The summed E-state index contributed by atoms with van der Waals surface area (Å²) in [5, 5.41) is 2.08. The van der Waals surface area contributed by atoms with Gasteiger partial charge in [-0.2, -0.15) is 0 Å². The number of hydrogen-bond acceptors (Lipinski definition) is 3. The molecule has 4 nitrogen and oxygen atoms in total. The second-order valence-corrected chi connectivity index (χ2v) is 5.58. The van der Waals surface area contributed by atoms with E-state index in [9.17, 15) is 4.79 Å². The fourth-order valence-corrected chi connectivity index (χ4v) is 3.01. The Morgan fingerprint density at radius 1 is 1.18 bits per heavy atom. The highest BCUT2D eigenvalue weighted by Gasteiger charge is 2.22. The molecule has 0 bridgehead atoms. The largest absolute Gasteiger partial charge is 0.328 e. The molecule has 0 aromatic carbocycles. The van der Waals surface area contributed by atoms with Crippen molar-refractivity contribution < 1.29 is 4.79 Å². The maximum absolute atomic E-state index is 11.9. The predicted molar refractivity (Wildman–Crippen MR) is 68.1 cm³/mol. The van der Waals surface area contributed by atoms with E-state index in [0.29, 0.717) is 18.4 Å². The van der Waals surface area contributed by atoms with Gasteiger partial charge in [-0.1, -0.05) is 12.8 Å². The van der Waals surface area contributed by atoms with E-state index >= 15 is 0 Å². The van der Waals surface area contributed by atoms with Crippen molar-refractivity contribution in [2.24, 2.45) is 11.7 Å². The first kappa shape index (κ1) is 12.8. The number of hydrazine groups is 1. The standard InChI is InChI=1S/C13H25N3O/c14-12-6-4-5-11(9-12)10-13(17)15-16-7-2-1-3-8-16/h11-12H,1-10,14H2,(H,15,17). The van der Waals surface area contributed by atoms with Gasteiger partial charge in [0, 0.05) is 25.6 Å². The number of piperidine rings is 1. The fourth-order valence-electron chi connectivity index (χ4n) is 3.01. The van der Waals surface area contributed by atoms with Gasteiger partial charge in [0.1, 0.15) is 0 Å². The lowest BCUT2D eigenvalue weighted by molar-refractivity contribution is -0.127. The molecule has 2 fully saturated rings. The topological polar surface area (TPSA) is 58.4 Å². The number of nitrogens with two attached hydrogens (primary N) is 1. The molecule has 1 saturated heterocycles. The van der Waals surface area contributed by atoms with E-state index in [-0.39, 0.29) is 5.91 Å². The summed E-state index contributed by atoms with van der Waals surface area (Å²) in [4.78, 5) is 11.9. The first-order valence-corrected chi connectivity index (χ1v) is 7.04. The third kappa shape index (κ3) is 4.28. The van der Waals surface area contributed by atoms with Gasteiger partial charge < -0.3 is 5.73 Å². The zero-order chi connectivity index (χ0) is 12.1. The van der Waals surface area contributed by atoms with Gasteiger partial charge in [0.2, 0.25) is 5.91 Å². The molecule has 2 rings (SSSR count). The molecule has 2 unspecified atom stereocenters. The van der Waals surface area contributed by atoms with Gasteiger partial charge >= 0.3 is 0 Å². The molecule has 1 amide bonds. The highest BCUT2D eigenvalue weighted by molar-refractivity contribution is 5.75. The third-order valence-corrected chi connectivity index (χ3v) is 3.94. The summed E-state index contributed by atoms with van der Waals surface area (Å²) in [6.07, 6.45) is 8.86. The monoisotopic (exact) mass is 239 g/mol. The number of rotatable bonds is 3. The van der Waals surface area contributed by atoms with Crippen LogP contribution in [0.4, 0.5) is 0 Å². The molecule has 1 saturated carbocycles. The molecule has 0 spiro atoms. The van der Waals surface area contributed by atoms with Crippen LogP contribution in [0, 0.1) is 5.92 Å². The Hall–Kier alpha value is -0.610. The number of nitrogens with one attached hydrogen (secondary N) is 1. The molecule has 0 radical (unpaired) electrons. The Bertz CT molecular complexity index is 251. The summed E-state index contributed by atoms with van der Waals surface area (Å²) in [5.74, 6) is 0.689. The quantitative estimate of drug-likeness (QED) is 0.783. The number of hydrogen-bond donors (Lipinski definition) is 2. The number of amides is 1. The summed E-state index contributed by atoms with van der Waals surface area (Å²) in [6.45, 7) is 2.02. The van der Waals surface area contributed by atoms with Gasteiger partial charge in [-0.15, -0.1) is 0 Å². The summed E-state index contributed by atoms with van der Waals surface area (Å²) >= 11 is 0. The second-order valence-electron chi connectivity index (χ2n) is 5.58. The maximum Gasteiger partial charge on any atom is 0.234 e. The molecule has 2 aliphatic rings. The van der Waals surface area contributed by atoms with Crippen LogP contribution >= 0.6 is 0 Å². The average molecular weight is 239 g/mol. The lowest BCUT2D eigenvalue weighted by Crippen LogP contribution is -2.45. The van der Waals surface area contributed by atoms with Gasteiger partial charge in [0.25, 0.3) is 0 Å². The van der Waals surface area contributed by atoms with Crippen LogP contribution in [0.3, 0.4) is 0 Å². The van der Waals surface area contributed by atoms with Crippen molar-refractivity contribution in [3.8, 4) is 0 Å². The van der Waals surface area contributed by atoms with Crippen LogP contribution in [0.2, 0.25) is 0 Å². The summed E-state index contributed by atoms with van der Waals surface area (Å²) < 4.78 is 0. The van der Waals surface area contributed by atoms with Crippen LogP contribution in [-0.2, 0) is 4.79 Å². The van der Waals surface area contributed by atoms with Crippen molar-refractivity contribution in [2.75, 3.05) is 13.1 Å². The molecular weight excluding hydrogens is 214 g/mol. The molecule has 2 atom stereocenters. The Kier molecular flexibility index (Phi) is 4.80. The minimum absolute atomic E-state index is 0.186. The van der Waals surface area contributed by atoms with E-state index in [1.807, 2.05) is 0 Å². The van der Waals surface area contributed by atoms with Crippen LogP contribution in [0.5, 0.6) is 0 Å². The van der Waals surface area contributed by atoms with Crippen LogP contribution in [0.1, 0.15) is 51.4 Å². The zero-order valence-electron chi connectivity index (χ0n) is 10.7. The molecule has 1 aliphatic heterocycles. The molecule has 0 aromatic heterocycles. The Labute approximate surface area is 104 Å². The summed E-state index contributed by atoms with van der Waals surface area (Å²) in [5.41, 5.74) is 8.98. The molecule has 1 aliphatic carbocycles. The minimum Gasteiger partial charge on any atom is -0.328 e. The van der Waals surface area contributed by atoms with E-state index in [0.717, 1.165) is 25.9 Å². The van der Waals surface area contributed by atoms with Crippen molar-refractivity contribution in [1.29, 1.82) is 0 Å². The molecule has 4 heteroatoms. The van der Waals surface area contributed by atoms with Crippen molar-refractivity contribution in [2.45, 2.75) is 57.4 Å². The predicted octanol–water partition coefficient (Wildman–Crippen LogP) is 1.41. The van der Waals surface area contributed by atoms with E-state index in [2.05, 4.69) is 10.4 Å². The SMILES string of the molecule is NC1CCCC(CC(=O)NN2CCCCC2)C1. The number of carbonyl (C=O) groups is 1. The maximum atomic E-state index is 11.9. The normalized spacial score (nSPS) is 31.1. The Morgan fingerprint density at radius 2 is 1.94 bits per heavy atom. The molecule has 0 aromatic rings. The highest BCUT2D eigenvalue weighted by atomic mass is 16.2. The zero-order valence-corrected chi connectivity index (χ0v) is 10.7. The van der Waals surface area contributed by atoms with Crippen molar-refractivity contribution in [3.63, 3.8) is 0 Å². The number of carbonyl (C=O) groups excluding carboxylic acids is 1. The minimum atomic E-state index is 0.186. The Morgan fingerprint density at radius 3 is 2.65 bits per heavy atom. The second kappa shape index (κ2) is 6.36. The first-order chi connectivity index (χ1) is 8.24. The summed E-state index contributed by atoms with van der Waals surface area (Å²) in [6, 6.07) is 0.316.